The van der Waals surface area contributed by atoms with Crippen LogP contribution < -0.4 is 5.32 Å². The summed E-state index contributed by atoms with van der Waals surface area (Å²) in [6.07, 6.45) is 6.89. The quantitative estimate of drug-likeness (QED) is 0.925. The number of nitrogens with zero attached hydrogens (tertiary/aromatic N) is 1. The normalized spacial score (nSPS) is 28.5. The van der Waals surface area contributed by atoms with Crippen molar-refractivity contribution in [2.24, 2.45) is 11.8 Å². The molecule has 4 rings (SSSR count). The van der Waals surface area contributed by atoms with Gasteiger partial charge in [0.15, 0.2) is 0 Å². The van der Waals surface area contributed by atoms with Gasteiger partial charge in [0.05, 0.1) is 5.56 Å². The van der Waals surface area contributed by atoms with E-state index < -0.39 is 0 Å². The Hall–Kier alpha value is -2.16. The van der Waals surface area contributed by atoms with Crippen LogP contribution >= 0.6 is 0 Å². The minimum absolute atomic E-state index is 0.0237. The first-order valence-corrected chi connectivity index (χ1v) is 9.03. The zero-order chi connectivity index (χ0) is 16.5. The van der Waals surface area contributed by atoms with E-state index in [4.69, 9.17) is 0 Å². The zero-order valence-electron chi connectivity index (χ0n) is 14.1. The third-order valence-corrected chi connectivity index (χ3v) is 5.92. The molecule has 124 valence electrons. The van der Waals surface area contributed by atoms with Gasteiger partial charge in [-0.05, 0) is 49.3 Å². The van der Waals surface area contributed by atoms with Crippen LogP contribution in [0.3, 0.4) is 0 Å². The highest BCUT2D eigenvalue weighted by molar-refractivity contribution is 5.95. The summed E-state index contributed by atoms with van der Waals surface area (Å²) >= 11 is 0. The number of benzene rings is 1. The minimum atomic E-state index is 0.0237. The highest BCUT2D eigenvalue weighted by Crippen LogP contribution is 2.54. The van der Waals surface area contributed by atoms with E-state index in [-0.39, 0.29) is 11.9 Å². The number of pyridine rings is 1. The SMILES string of the molecule is Cc1ncccc1C(=O)N[C@H]1C2CCCCC2[C@@H]1c1ccccc1. The molecule has 0 bridgehead atoms. The maximum atomic E-state index is 12.8. The van der Waals surface area contributed by atoms with Gasteiger partial charge in [-0.1, -0.05) is 43.2 Å². The van der Waals surface area contributed by atoms with Crippen molar-refractivity contribution in [3.8, 4) is 0 Å². The van der Waals surface area contributed by atoms with Gasteiger partial charge in [0.25, 0.3) is 5.91 Å². The van der Waals surface area contributed by atoms with Gasteiger partial charge in [-0.2, -0.15) is 0 Å². The molecule has 3 heteroatoms. The second-order valence-electron chi connectivity index (χ2n) is 7.18. The smallest absolute Gasteiger partial charge is 0.253 e. The summed E-state index contributed by atoms with van der Waals surface area (Å²) in [4.78, 5) is 17.0. The predicted octanol–water partition coefficient (Wildman–Crippen LogP) is 4.09. The number of nitrogens with one attached hydrogen (secondary N) is 1. The molecule has 2 aliphatic rings. The molecule has 4 atom stereocenters. The third-order valence-electron chi connectivity index (χ3n) is 5.92. The van der Waals surface area contributed by atoms with Crippen LogP contribution in [0.4, 0.5) is 0 Å². The van der Waals surface area contributed by atoms with Crippen LogP contribution in [0.5, 0.6) is 0 Å². The lowest BCUT2D eigenvalue weighted by Gasteiger charge is -2.55. The molecule has 24 heavy (non-hydrogen) atoms. The number of rotatable bonds is 3. The van der Waals surface area contributed by atoms with Crippen molar-refractivity contribution in [3.63, 3.8) is 0 Å². The van der Waals surface area contributed by atoms with Gasteiger partial charge >= 0.3 is 0 Å². The number of hydrogen-bond acceptors (Lipinski definition) is 2. The van der Waals surface area contributed by atoms with Crippen molar-refractivity contribution in [1.29, 1.82) is 0 Å². The first kappa shape index (κ1) is 15.4. The molecule has 1 aromatic heterocycles. The summed E-state index contributed by atoms with van der Waals surface area (Å²) in [5.74, 6) is 1.83. The van der Waals surface area contributed by atoms with Crippen LogP contribution in [0.2, 0.25) is 0 Å². The Morgan fingerprint density at radius 3 is 2.54 bits per heavy atom. The summed E-state index contributed by atoms with van der Waals surface area (Å²) in [5.41, 5.74) is 2.86. The molecule has 2 aliphatic carbocycles. The number of hydrogen-bond donors (Lipinski definition) is 1. The van der Waals surface area contributed by atoms with E-state index in [2.05, 4.69) is 40.6 Å². The molecule has 2 aromatic rings. The van der Waals surface area contributed by atoms with Gasteiger partial charge in [0, 0.05) is 23.9 Å². The number of aromatic nitrogens is 1. The Balaban J connectivity index is 1.58. The van der Waals surface area contributed by atoms with E-state index in [0.717, 1.165) is 11.6 Å². The molecule has 1 N–H and O–H groups in total. The van der Waals surface area contributed by atoms with Crippen molar-refractivity contribution in [1.82, 2.24) is 10.3 Å². The van der Waals surface area contributed by atoms with Crippen molar-refractivity contribution in [2.75, 3.05) is 0 Å². The number of fused-ring (bicyclic) bond motifs is 1. The van der Waals surface area contributed by atoms with Crippen molar-refractivity contribution in [2.45, 2.75) is 44.6 Å². The van der Waals surface area contributed by atoms with Crippen LogP contribution in [0, 0.1) is 18.8 Å². The number of carbonyl (C=O) groups is 1. The van der Waals surface area contributed by atoms with Gasteiger partial charge in [-0.25, -0.2) is 0 Å². The largest absolute Gasteiger partial charge is 0.348 e. The lowest BCUT2D eigenvalue weighted by molar-refractivity contribution is 0.0251. The molecular formula is C21H24N2O. The molecule has 2 fully saturated rings. The summed E-state index contributed by atoms with van der Waals surface area (Å²) in [7, 11) is 0. The fourth-order valence-electron chi connectivity index (χ4n) is 4.75. The Morgan fingerprint density at radius 2 is 1.79 bits per heavy atom. The number of amides is 1. The fraction of sp³-hybridized carbons (Fsp3) is 0.429. The molecule has 0 aliphatic heterocycles. The van der Waals surface area contributed by atoms with E-state index in [1.807, 2.05) is 19.1 Å². The Bertz CT molecular complexity index is 728. The molecule has 1 heterocycles. The molecule has 0 spiro atoms. The van der Waals surface area contributed by atoms with E-state index >= 15 is 0 Å². The summed E-state index contributed by atoms with van der Waals surface area (Å²) < 4.78 is 0. The van der Waals surface area contributed by atoms with Gasteiger partial charge in [0.2, 0.25) is 0 Å². The number of carbonyl (C=O) groups excluding carboxylic acids is 1. The van der Waals surface area contributed by atoms with Crippen LogP contribution in [0.1, 0.15) is 53.2 Å². The van der Waals surface area contributed by atoms with Crippen molar-refractivity contribution >= 4 is 5.91 Å². The molecule has 1 aromatic carbocycles. The topological polar surface area (TPSA) is 42.0 Å². The van der Waals surface area contributed by atoms with E-state index in [1.54, 1.807) is 6.20 Å². The molecule has 0 saturated heterocycles. The van der Waals surface area contributed by atoms with E-state index in [9.17, 15) is 4.79 Å². The first-order chi connectivity index (χ1) is 11.8. The van der Waals surface area contributed by atoms with Crippen molar-refractivity contribution in [3.05, 3.63) is 65.5 Å². The van der Waals surface area contributed by atoms with Crippen LogP contribution in [-0.2, 0) is 0 Å². The Morgan fingerprint density at radius 1 is 1.04 bits per heavy atom. The summed E-state index contributed by atoms with van der Waals surface area (Å²) in [5, 5.41) is 3.34. The van der Waals surface area contributed by atoms with Gasteiger partial charge in [-0.15, -0.1) is 0 Å². The van der Waals surface area contributed by atoms with Gasteiger partial charge in [-0.3, -0.25) is 9.78 Å². The Kier molecular flexibility index (Phi) is 4.09. The highest BCUT2D eigenvalue weighted by Gasteiger charge is 2.51. The average Bonchev–Trinajstić information content (AvgIpc) is 2.61. The highest BCUT2D eigenvalue weighted by atomic mass is 16.1. The maximum Gasteiger partial charge on any atom is 0.253 e. The standard InChI is InChI=1S/C21H24N2O/c1-14-16(12-7-13-22-14)21(24)23-20-18-11-6-5-10-17(18)19(20)15-8-3-2-4-9-15/h2-4,7-9,12-13,17-20H,5-6,10-11H2,1H3,(H,23,24)/t17?,18?,19-,20-/m0/s1. The summed E-state index contributed by atoms with van der Waals surface area (Å²) in [6, 6.07) is 14.7. The fourth-order valence-corrected chi connectivity index (χ4v) is 4.75. The lowest BCUT2D eigenvalue weighted by atomic mass is 9.53. The second-order valence-corrected chi connectivity index (χ2v) is 7.18. The molecule has 3 nitrogen and oxygen atoms in total. The van der Waals surface area contributed by atoms with Crippen LogP contribution in [0.25, 0.3) is 0 Å². The first-order valence-electron chi connectivity index (χ1n) is 9.03. The third kappa shape index (κ3) is 2.62. The molecule has 2 saturated carbocycles. The minimum Gasteiger partial charge on any atom is -0.348 e. The summed E-state index contributed by atoms with van der Waals surface area (Å²) in [6.45, 7) is 1.90. The zero-order valence-corrected chi connectivity index (χ0v) is 14.1. The predicted molar refractivity (Wildman–Crippen MR) is 94.9 cm³/mol. The van der Waals surface area contributed by atoms with Crippen LogP contribution in [0.15, 0.2) is 48.7 Å². The molecular weight excluding hydrogens is 296 g/mol. The average molecular weight is 320 g/mol. The molecule has 1 amide bonds. The Labute approximate surface area is 143 Å². The van der Waals surface area contributed by atoms with Gasteiger partial charge < -0.3 is 5.32 Å². The maximum absolute atomic E-state index is 12.8. The van der Waals surface area contributed by atoms with Crippen LogP contribution in [-0.4, -0.2) is 16.9 Å². The van der Waals surface area contributed by atoms with E-state index in [0.29, 0.717) is 17.4 Å². The van der Waals surface area contributed by atoms with Crippen molar-refractivity contribution < 1.29 is 4.79 Å². The lowest BCUT2D eigenvalue weighted by Crippen LogP contribution is -2.59. The molecule has 0 radical (unpaired) electrons. The molecule has 2 unspecified atom stereocenters. The monoisotopic (exact) mass is 320 g/mol. The van der Waals surface area contributed by atoms with Gasteiger partial charge in [0.1, 0.15) is 0 Å². The number of aryl methyl sites for hydroxylation is 1. The second kappa shape index (κ2) is 6.39. The van der Waals surface area contributed by atoms with E-state index in [1.165, 1.54) is 31.2 Å².